The van der Waals surface area contributed by atoms with Gasteiger partial charge in [-0.05, 0) is 61.7 Å². The Kier molecular flexibility index (Phi) is 4.64. The van der Waals surface area contributed by atoms with Gasteiger partial charge in [-0.25, -0.2) is 0 Å². The van der Waals surface area contributed by atoms with Gasteiger partial charge >= 0.3 is 0 Å². The van der Waals surface area contributed by atoms with Crippen molar-refractivity contribution in [1.29, 1.82) is 0 Å². The van der Waals surface area contributed by atoms with E-state index >= 15 is 0 Å². The van der Waals surface area contributed by atoms with E-state index in [1.54, 1.807) is 0 Å². The van der Waals surface area contributed by atoms with Gasteiger partial charge in [-0.2, -0.15) is 0 Å². The maximum Gasteiger partial charge on any atom is 0.0550 e. The Labute approximate surface area is 114 Å². The van der Waals surface area contributed by atoms with Gasteiger partial charge in [0.15, 0.2) is 0 Å². The number of rotatable bonds is 0. The van der Waals surface area contributed by atoms with Crippen LogP contribution in [0.15, 0.2) is 30.3 Å². The molecular formula is C15H22N4. The molecule has 0 saturated carbocycles. The Morgan fingerprint density at radius 1 is 0.579 bits per heavy atom. The van der Waals surface area contributed by atoms with Gasteiger partial charge in [-0.1, -0.05) is 6.07 Å². The third-order valence-electron chi connectivity index (χ3n) is 2.94. The SMILES string of the molecule is Cc1cc(N)c(N)cc1C.Cc1ccc(N)c(N)c1. The first-order valence-corrected chi connectivity index (χ1v) is 6.05. The predicted octanol–water partition coefficient (Wildman–Crippen LogP) is 2.63. The van der Waals surface area contributed by atoms with Crippen LogP contribution in [0.25, 0.3) is 0 Å². The van der Waals surface area contributed by atoms with Crippen LogP contribution < -0.4 is 22.9 Å². The van der Waals surface area contributed by atoms with E-state index in [2.05, 4.69) is 0 Å². The molecule has 0 atom stereocenters. The lowest BCUT2D eigenvalue weighted by atomic mass is 10.1. The smallest absolute Gasteiger partial charge is 0.0550 e. The van der Waals surface area contributed by atoms with Crippen LogP contribution in [-0.4, -0.2) is 0 Å². The highest BCUT2D eigenvalue weighted by Gasteiger charge is 1.96. The third kappa shape index (κ3) is 4.10. The Bertz CT molecular complexity index is 526. The van der Waals surface area contributed by atoms with Crippen LogP contribution >= 0.6 is 0 Å². The minimum atomic E-state index is 0.653. The summed E-state index contributed by atoms with van der Waals surface area (Å²) in [7, 11) is 0. The van der Waals surface area contributed by atoms with E-state index in [9.17, 15) is 0 Å². The van der Waals surface area contributed by atoms with E-state index in [0.29, 0.717) is 22.7 Å². The summed E-state index contributed by atoms with van der Waals surface area (Å²) < 4.78 is 0. The summed E-state index contributed by atoms with van der Waals surface area (Å²) in [6.45, 7) is 6.02. The fourth-order valence-electron chi connectivity index (χ4n) is 1.56. The molecule has 4 heteroatoms. The minimum Gasteiger partial charge on any atom is -0.397 e. The maximum absolute atomic E-state index is 5.56. The second-order valence-electron chi connectivity index (χ2n) is 4.70. The van der Waals surface area contributed by atoms with Crippen molar-refractivity contribution in [2.45, 2.75) is 20.8 Å². The molecule has 0 fully saturated rings. The van der Waals surface area contributed by atoms with E-state index in [0.717, 1.165) is 5.56 Å². The fraction of sp³-hybridized carbons (Fsp3) is 0.200. The maximum atomic E-state index is 5.56. The molecule has 0 saturated heterocycles. The summed E-state index contributed by atoms with van der Waals surface area (Å²) in [6.07, 6.45) is 0. The van der Waals surface area contributed by atoms with Crippen molar-refractivity contribution in [3.63, 3.8) is 0 Å². The molecule has 0 unspecified atom stereocenters. The van der Waals surface area contributed by atoms with Crippen LogP contribution in [0.2, 0.25) is 0 Å². The monoisotopic (exact) mass is 258 g/mol. The Hall–Kier alpha value is -2.36. The molecule has 8 N–H and O–H groups in total. The van der Waals surface area contributed by atoms with Gasteiger partial charge in [0.2, 0.25) is 0 Å². The van der Waals surface area contributed by atoms with Gasteiger partial charge in [0.25, 0.3) is 0 Å². The number of benzene rings is 2. The first-order chi connectivity index (χ1) is 8.81. The first-order valence-electron chi connectivity index (χ1n) is 6.05. The molecule has 2 aromatic rings. The zero-order valence-electron chi connectivity index (χ0n) is 11.7. The number of hydrogen-bond donors (Lipinski definition) is 4. The quantitative estimate of drug-likeness (QED) is 0.545. The third-order valence-corrected chi connectivity index (χ3v) is 2.94. The Morgan fingerprint density at radius 2 is 1.00 bits per heavy atom. The molecule has 2 rings (SSSR count). The van der Waals surface area contributed by atoms with Crippen LogP contribution in [0.5, 0.6) is 0 Å². The van der Waals surface area contributed by atoms with Crippen molar-refractivity contribution in [2.24, 2.45) is 0 Å². The second kappa shape index (κ2) is 6.00. The van der Waals surface area contributed by atoms with Gasteiger partial charge < -0.3 is 22.9 Å². The number of nitrogen functional groups attached to an aromatic ring is 4. The number of hydrogen-bond acceptors (Lipinski definition) is 4. The van der Waals surface area contributed by atoms with E-state index in [1.165, 1.54) is 11.1 Å². The molecule has 0 radical (unpaired) electrons. The van der Waals surface area contributed by atoms with Crippen molar-refractivity contribution in [3.05, 3.63) is 47.0 Å². The molecule has 102 valence electrons. The van der Waals surface area contributed by atoms with Gasteiger partial charge in [0, 0.05) is 0 Å². The van der Waals surface area contributed by atoms with Crippen LogP contribution in [0.3, 0.4) is 0 Å². The summed E-state index contributed by atoms with van der Waals surface area (Å²) in [5, 5.41) is 0. The zero-order valence-corrected chi connectivity index (χ0v) is 11.7. The highest BCUT2D eigenvalue weighted by molar-refractivity contribution is 5.65. The van der Waals surface area contributed by atoms with Gasteiger partial charge in [0.05, 0.1) is 22.7 Å². The lowest BCUT2D eigenvalue weighted by molar-refractivity contribution is 1.35. The molecule has 0 bridgehead atoms. The van der Waals surface area contributed by atoms with E-state index in [-0.39, 0.29) is 0 Å². The molecule has 19 heavy (non-hydrogen) atoms. The average Bonchev–Trinajstić information content (AvgIpc) is 2.33. The van der Waals surface area contributed by atoms with Crippen LogP contribution in [-0.2, 0) is 0 Å². The van der Waals surface area contributed by atoms with Crippen LogP contribution in [0.4, 0.5) is 22.7 Å². The summed E-state index contributed by atoms with van der Waals surface area (Å²) in [6, 6.07) is 9.39. The summed E-state index contributed by atoms with van der Waals surface area (Å²) >= 11 is 0. The fourth-order valence-corrected chi connectivity index (χ4v) is 1.56. The molecule has 0 aromatic heterocycles. The van der Waals surface area contributed by atoms with Crippen molar-refractivity contribution < 1.29 is 0 Å². The largest absolute Gasteiger partial charge is 0.397 e. The summed E-state index contributed by atoms with van der Waals surface area (Å²) in [5.74, 6) is 0. The molecule has 0 aliphatic heterocycles. The zero-order chi connectivity index (χ0) is 14.6. The molecular weight excluding hydrogens is 236 g/mol. The lowest BCUT2D eigenvalue weighted by Crippen LogP contribution is -1.96. The molecule has 2 aromatic carbocycles. The number of anilines is 4. The highest BCUT2D eigenvalue weighted by Crippen LogP contribution is 2.19. The summed E-state index contributed by atoms with van der Waals surface area (Å²) in [5.41, 5.74) is 28.3. The van der Waals surface area contributed by atoms with Gasteiger partial charge in [-0.15, -0.1) is 0 Å². The second-order valence-corrected chi connectivity index (χ2v) is 4.70. The normalized spacial score (nSPS) is 9.63. The van der Waals surface area contributed by atoms with Crippen molar-refractivity contribution in [3.8, 4) is 0 Å². The standard InChI is InChI=1S/C8H12N2.C7H10N2/c1-5-3-7(9)8(10)4-6(5)2;1-5-2-3-6(8)7(9)4-5/h3-4H,9-10H2,1-2H3;2-4H,8-9H2,1H3. The minimum absolute atomic E-state index is 0.653. The van der Waals surface area contributed by atoms with Crippen LogP contribution in [0.1, 0.15) is 16.7 Å². The van der Waals surface area contributed by atoms with E-state index in [1.807, 2.05) is 51.1 Å². The van der Waals surface area contributed by atoms with Gasteiger partial charge in [0.1, 0.15) is 0 Å². The van der Waals surface area contributed by atoms with Gasteiger partial charge in [-0.3, -0.25) is 0 Å². The Morgan fingerprint density at radius 3 is 1.37 bits per heavy atom. The molecule has 0 aliphatic rings. The van der Waals surface area contributed by atoms with E-state index < -0.39 is 0 Å². The van der Waals surface area contributed by atoms with Crippen molar-refractivity contribution in [2.75, 3.05) is 22.9 Å². The lowest BCUT2D eigenvalue weighted by Gasteiger charge is -2.03. The van der Waals surface area contributed by atoms with E-state index in [4.69, 9.17) is 22.9 Å². The average molecular weight is 258 g/mol. The van der Waals surface area contributed by atoms with Crippen molar-refractivity contribution in [1.82, 2.24) is 0 Å². The highest BCUT2D eigenvalue weighted by atomic mass is 14.7. The van der Waals surface area contributed by atoms with Crippen molar-refractivity contribution >= 4 is 22.7 Å². The number of aryl methyl sites for hydroxylation is 3. The predicted molar refractivity (Wildman–Crippen MR) is 84.7 cm³/mol. The molecule has 0 amide bonds. The molecule has 0 heterocycles. The molecule has 0 spiro atoms. The van der Waals surface area contributed by atoms with Crippen LogP contribution in [0, 0.1) is 20.8 Å². The first kappa shape index (κ1) is 14.7. The number of nitrogens with two attached hydrogens (primary N) is 4. The topological polar surface area (TPSA) is 104 Å². The summed E-state index contributed by atoms with van der Waals surface area (Å²) in [4.78, 5) is 0. The molecule has 4 nitrogen and oxygen atoms in total. The molecule has 0 aliphatic carbocycles. The Balaban J connectivity index is 0.000000191.